The van der Waals surface area contributed by atoms with E-state index in [1.807, 2.05) is 6.07 Å². The number of primary amides is 1. The molecule has 0 saturated heterocycles. The van der Waals surface area contributed by atoms with Gasteiger partial charge in [0.15, 0.2) is 0 Å². The van der Waals surface area contributed by atoms with E-state index in [1.165, 1.54) is 0 Å². The van der Waals surface area contributed by atoms with Gasteiger partial charge in [-0.25, -0.2) is 9.59 Å². The van der Waals surface area contributed by atoms with Crippen LogP contribution in [-0.2, 0) is 9.59 Å². The highest BCUT2D eigenvalue weighted by atomic mass is 127. The van der Waals surface area contributed by atoms with Crippen LogP contribution in [0.25, 0.3) is 0 Å². The summed E-state index contributed by atoms with van der Waals surface area (Å²) in [5.74, 6) is -1.83. The van der Waals surface area contributed by atoms with Crippen LogP contribution in [0.5, 0.6) is 0 Å². The molecule has 1 aromatic rings. The summed E-state index contributed by atoms with van der Waals surface area (Å²) < 4.78 is 0.934. The van der Waals surface area contributed by atoms with E-state index in [4.69, 9.17) is 10.8 Å². The van der Waals surface area contributed by atoms with Gasteiger partial charge in [0.2, 0.25) is 5.91 Å². The highest BCUT2D eigenvalue weighted by Gasteiger charge is 2.20. The number of amides is 3. The molecule has 7 nitrogen and oxygen atoms in total. The molecule has 0 aliphatic rings. The van der Waals surface area contributed by atoms with E-state index in [0.717, 1.165) is 3.57 Å². The van der Waals surface area contributed by atoms with Gasteiger partial charge < -0.3 is 21.5 Å². The Bertz CT molecular complexity index is 521. The van der Waals surface area contributed by atoms with Gasteiger partial charge in [-0.1, -0.05) is 6.07 Å². The van der Waals surface area contributed by atoms with Gasteiger partial charge in [-0.05, 0) is 47.2 Å². The van der Waals surface area contributed by atoms with Crippen molar-refractivity contribution < 1.29 is 19.5 Å². The van der Waals surface area contributed by atoms with E-state index in [2.05, 4.69) is 33.2 Å². The third-order valence-electron chi connectivity index (χ3n) is 2.37. The second kappa shape index (κ2) is 7.68. The fraction of sp³-hybridized carbons (Fsp3) is 0.250. The molecule has 0 aromatic heterocycles. The predicted octanol–water partition coefficient (Wildman–Crippen LogP) is 1.13. The van der Waals surface area contributed by atoms with E-state index in [0.29, 0.717) is 5.69 Å². The Balaban J connectivity index is 2.57. The predicted molar refractivity (Wildman–Crippen MR) is 81.2 cm³/mol. The maximum Gasteiger partial charge on any atom is 0.326 e. The molecule has 20 heavy (non-hydrogen) atoms. The quantitative estimate of drug-likeness (QED) is 0.543. The molecule has 0 fully saturated rings. The molecule has 1 rings (SSSR count). The number of urea groups is 1. The molecule has 1 atom stereocenters. The number of halogens is 1. The molecule has 0 spiro atoms. The van der Waals surface area contributed by atoms with E-state index < -0.39 is 23.9 Å². The Morgan fingerprint density at radius 3 is 2.60 bits per heavy atom. The van der Waals surface area contributed by atoms with Gasteiger partial charge >= 0.3 is 12.0 Å². The SMILES string of the molecule is NC(=O)CC[C@H](NC(=O)Nc1cccc(I)c1)C(=O)O. The fourth-order valence-corrected chi connectivity index (χ4v) is 1.98. The molecule has 3 amide bonds. The standard InChI is InChI=1S/C12H14IN3O4/c13-7-2-1-3-8(6-7)15-12(20)16-9(11(18)19)4-5-10(14)17/h1-3,6,9H,4-5H2,(H2,14,17)(H,18,19)(H2,15,16,20)/t9-/m0/s1. The van der Waals surface area contributed by atoms with Crippen LogP contribution in [0.3, 0.4) is 0 Å². The zero-order chi connectivity index (χ0) is 15.1. The van der Waals surface area contributed by atoms with Crippen molar-refractivity contribution in [1.82, 2.24) is 5.32 Å². The van der Waals surface area contributed by atoms with Gasteiger partial charge in [-0.3, -0.25) is 4.79 Å². The number of carboxylic acid groups (broad SMARTS) is 1. The van der Waals surface area contributed by atoms with Crippen molar-refractivity contribution in [3.05, 3.63) is 27.8 Å². The summed E-state index contributed by atoms with van der Waals surface area (Å²) in [6.45, 7) is 0. The van der Waals surface area contributed by atoms with Crippen molar-refractivity contribution >= 4 is 46.2 Å². The fourth-order valence-electron chi connectivity index (χ4n) is 1.44. The number of carbonyl (C=O) groups excluding carboxylic acids is 2. The average molecular weight is 391 g/mol. The highest BCUT2D eigenvalue weighted by Crippen LogP contribution is 2.12. The smallest absolute Gasteiger partial charge is 0.326 e. The first-order chi connectivity index (χ1) is 9.38. The Hall–Kier alpha value is -1.84. The Labute approximate surface area is 129 Å². The van der Waals surface area contributed by atoms with Gasteiger partial charge in [-0.15, -0.1) is 0 Å². The van der Waals surface area contributed by atoms with Crippen molar-refractivity contribution in [2.24, 2.45) is 5.73 Å². The van der Waals surface area contributed by atoms with Gasteiger partial charge in [-0.2, -0.15) is 0 Å². The topological polar surface area (TPSA) is 122 Å². The highest BCUT2D eigenvalue weighted by molar-refractivity contribution is 14.1. The Morgan fingerprint density at radius 1 is 1.35 bits per heavy atom. The van der Waals surface area contributed by atoms with Gasteiger partial charge in [0.25, 0.3) is 0 Å². The third-order valence-corrected chi connectivity index (χ3v) is 3.04. The largest absolute Gasteiger partial charge is 0.480 e. The maximum absolute atomic E-state index is 11.7. The number of carboxylic acids is 1. The summed E-state index contributed by atoms with van der Waals surface area (Å²) in [7, 11) is 0. The summed E-state index contributed by atoms with van der Waals surface area (Å²) in [5.41, 5.74) is 5.50. The lowest BCUT2D eigenvalue weighted by Crippen LogP contribution is -2.43. The summed E-state index contributed by atoms with van der Waals surface area (Å²) in [4.78, 5) is 33.3. The van der Waals surface area contributed by atoms with Gasteiger partial charge in [0, 0.05) is 15.7 Å². The molecule has 1 aromatic carbocycles. The van der Waals surface area contributed by atoms with Crippen LogP contribution in [-0.4, -0.2) is 29.1 Å². The minimum Gasteiger partial charge on any atom is -0.480 e. The molecule has 0 unspecified atom stereocenters. The van der Waals surface area contributed by atoms with Gasteiger partial charge in [0.1, 0.15) is 6.04 Å². The third kappa shape index (κ3) is 5.87. The van der Waals surface area contributed by atoms with Crippen molar-refractivity contribution in [2.45, 2.75) is 18.9 Å². The van der Waals surface area contributed by atoms with Crippen LogP contribution in [0.2, 0.25) is 0 Å². The Morgan fingerprint density at radius 2 is 2.05 bits per heavy atom. The van der Waals surface area contributed by atoms with E-state index in [1.54, 1.807) is 18.2 Å². The van der Waals surface area contributed by atoms with Crippen LogP contribution in [0.4, 0.5) is 10.5 Å². The molecule has 0 aliphatic carbocycles. The molecule has 0 bridgehead atoms. The van der Waals surface area contributed by atoms with Crippen LogP contribution >= 0.6 is 22.6 Å². The van der Waals surface area contributed by atoms with Crippen molar-refractivity contribution in [3.63, 3.8) is 0 Å². The summed E-state index contributed by atoms with van der Waals surface area (Å²) in [6.07, 6.45) is -0.162. The lowest BCUT2D eigenvalue weighted by molar-refractivity contribution is -0.139. The first kappa shape index (κ1) is 16.2. The Kier molecular flexibility index (Phi) is 6.22. The monoisotopic (exact) mass is 391 g/mol. The zero-order valence-corrected chi connectivity index (χ0v) is 12.6. The summed E-state index contributed by atoms with van der Waals surface area (Å²) in [6, 6.07) is 5.23. The second-order valence-corrected chi connectivity index (χ2v) is 5.25. The number of aliphatic carboxylic acids is 1. The molecule has 0 saturated carbocycles. The van der Waals surface area contributed by atoms with Crippen LogP contribution < -0.4 is 16.4 Å². The van der Waals surface area contributed by atoms with Gasteiger partial charge in [0.05, 0.1) is 0 Å². The van der Waals surface area contributed by atoms with E-state index in [-0.39, 0.29) is 12.8 Å². The number of nitrogens with two attached hydrogens (primary N) is 1. The minimum absolute atomic E-state index is 0.0512. The minimum atomic E-state index is -1.22. The zero-order valence-electron chi connectivity index (χ0n) is 10.4. The van der Waals surface area contributed by atoms with Crippen LogP contribution in [0.15, 0.2) is 24.3 Å². The number of nitrogens with one attached hydrogen (secondary N) is 2. The van der Waals surface area contributed by atoms with Crippen molar-refractivity contribution in [1.29, 1.82) is 0 Å². The lowest BCUT2D eigenvalue weighted by atomic mass is 10.1. The molecule has 0 heterocycles. The molecule has 8 heteroatoms. The van der Waals surface area contributed by atoms with E-state index in [9.17, 15) is 14.4 Å². The number of hydrogen-bond donors (Lipinski definition) is 4. The maximum atomic E-state index is 11.7. The first-order valence-corrected chi connectivity index (χ1v) is 6.80. The molecular weight excluding hydrogens is 377 g/mol. The number of benzene rings is 1. The van der Waals surface area contributed by atoms with E-state index >= 15 is 0 Å². The molecule has 108 valence electrons. The number of rotatable bonds is 6. The number of carbonyl (C=O) groups is 3. The molecular formula is C12H14IN3O4. The lowest BCUT2D eigenvalue weighted by Gasteiger charge is -2.14. The average Bonchev–Trinajstić information content (AvgIpc) is 2.33. The first-order valence-electron chi connectivity index (χ1n) is 5.72. The number of anilines is 1. The van der Waals surface area contributed by atoms with Crippen LogP contribution in [0, 0.1) is 3.57 Å². The molecule has 5 N–H and O–H groups in total. The normalized spacial score (nSPS) is 11.4. The number of hydrogen-bond acceptors (Lipinski definition) is 3. The van der Waals surface area contributed by atoms with Crippen molar-refractivity contribution in [3.8, 4) is 0 Å². The summed E-state index contributed by atoms with van der Waals surface area (Å²) in [5, 5.41) is 13.8. The van der Waals surface area contributed by atoms with Crippen LogP contribution in [0.1, 0.15) is 12.8 Å². The second-order valence-electron chi connectivity index (χ2n) is 4.00. The molecule has 0 radical (unpaired) electrons. The van der Waals surface area contributed by atoms with Crippen molar-refractivity contribution in [2.75, 3.05) is 5.32 Å². The molecule has 0 aliphatic heterocycles. The summed E-state index contributed by atoms with van der Waals surface area (Å²) >= 11 is 2.09.